The third-order valence-corrected chi connectivity index (χ3v) is 4.36. The maximum Gasteiger partial charge on any atom is 0.276 e. The number of para-hydroxylation sites is 2. The lowest BCUT2D eigenvalue weighted by atomic mass is 10.1. The van der Waals surface area contributed by atoms with Crippen molar-refractivity contribution in [3.63, 3.8) is 0 Å². The van der Waals surface area contributed by atoms with Crippen LogP contribution >= 0.6 is 0 Å². The number of amides is 1. The van der Waals surface area contributed by atoms with E-state index in [1.165, 1.54) is 6.07 Å². The maximum atomic E-state index is 13.8. The van der Waals surface area contributed by atoms with E-state index in [2.05, 4.69) is 33.1 Å². The van der Waals surface area contributed by atoms with Gasteiger partial charge in [0.25, 0.3) is 5.91 Å². The maximum absolute atomic E-state index is 13.8. The first kappa shape index (κ1) is 16.2. The van der Waals surface area contributed by atoms with Gasteiger partial charge in [0.15, 0.2) is 5.71 Å². The van der Waals surface area contributed by atoms with Gasteiger partial charge in [0.1, 0.15) is 5.82 Å². The molecule has 1 aliphatic rings. The van der Waals surface area contributed by atoms with E-state index in [9.17, 15) is 9.18 Å². The highest BCUT2D eigenvalue weighted by atomic mass is 19.1. The third-order valence-electron chi connectivity index (χ3n) is 4.36. The lowest BCUT2D eigenvalue weighted by molar-refractivity contribution is -0.110. The fourth-order valence-electron chi connectivity index (χ4n) is 3.20. The Morgan fingerprint density at radius 2 is 2.04 bits per heavy atom. The molecule has 0 saturated carbocycles. The zero-order valence-corrected chi connectivity index (χ0v) is 14.2. The van der Waals surface area contributed by atoms with Crippen molar-refractivity contribution >= 4 is 34.4 Å². The quantitative estimate of drug-likeness (QED) is 0.563. The average Bonchev–Trinajstić information content (AvgIpc) is 3.15. The number of anilines is 1. The molecule has 2 aromatic carbocycles. The Morgan fingerprint density at radius 1 is 1.19 bits per heavy atom. The van der Waals surface area contributed by atoms with Crippen molar-refractivity contribution in [2.75, 3.05) is 5.32 Å². The number of hydrogen-bond donors (Lipinski definition) is 1. The van der Waals surface area contributed by atoms with Crippen molar-refractivity contribution in [1.82, 2.24) is 4.57 Å². The van der Waals surface area contributed by atoms with Crippen molar-refractivity contribution in [3.05, 3.63) is 65.6 Å². The molecule has 0 aliphatic carbocycles. The minimum atomic E-state index is -0.479. The van der Waals surface area contributed by atoms with Crippen molar-refractivity contribution in [1.29, 1.82) is 0 Å². The monoisotopic (exact) mass is 348 g/mol. The van der Waals surface area contributed by atoms with Crippen LogP contribution in [-0.4, -0.2) is 22.4 Å². The van der Waals surface area contributed by atoms with Crippen molar-refractivity contribution < 1.29 is 9.18 Å². The van der Waals surface area contributed by atoms with E-state index in [0.717, 1.165) is 29.4 Å². The molecular weight excluding hydrogens is 331 g/mol. The van der Waals surface area contributed by atoms with Crippen LogP contribution in [0.3, 0.4) is 0 Å². The number of rotatable bonds is 4. The summed E-state index contributed by atoms with van der Waals surface area (Å²) in [5.41, 5.74) is 2.77. The Kier molecular flexibility index (Phi) is 4.08. The van der Waals surface area contributed by atoms with Crippen LogP contribution in [0.2, 0.25) is 0 Å². The Morgan fingerprint density at radius 3 is 2.88 bits per heavy atom. The zero-order chi connectivity index (χ0) is 18.1. The molecule has 0 bridgehead atoms. The molecule has 1 amide bonds. The second-order valence-corrected chi connectivity index (χ2v) is 6.10. The first-order valence-electron chi connectivity index (χ1n) is 8.48. The Hall–Kier alpha value is -3.28. The van der Waals surface area contributed by atoms with Crippen LogP contribution in [0.15, 0.2) is 58.9 Å². The highest BCUT2D eigenvalue weighted by Crippen LogP contribution is 2.26. The van der Waals surface area contributed by atoms with Gasteiger partial charge in [-0.2, -0.15) is 5.10 Å². The van der Waals surface area contributed by atoms with Crippen LogP contribution in [0.25, 0.3) is 10.9 Å². The molecule has 26 heavy (non-hydrogen) atoms. The lowest BCUT2D eigenvalue weighted by Crippen LogP contribution is -2.13. The molecule has 1 N–H and O–H groups in total. The summed E-state index contributed by atoms with van der Waals surface area (Å²) in [7, 11) is 0. The van der Waals surface area contributed by atoms with Gasteiger partial charge in [-0.25, -0.2) is 4.39 Å². The number of carbonyl (C=O) groups excluding carboxylic acids is 1. The molecular formula is C20H17FN4O. The van der Waals surface area contributed by atoms with Gasteiger partial charge in [0.05, 0.1) is 11.9 Å². The summed E-state index contributed by atoms with van der Waals surface area (Å²) in [5, 5.41) is 11.7. The van der Waals surface area contributed by atoms with Gasteiger partial charge in [0, 0.05) is 34.8 Å². The largest absolute Gasteiger partial charge is 0.347 e. The average molecular weight is 348 g/mol. The molecule has 6 heteroatoms. The van der Waals surface area contributed by atoms with Gasteiger partial charge in [-0.05, 0) is 18.6 Å². The van der Waals surface area contributed by atoms with Gasteiger partial charge in [-0.3, -0.25) is 4.79 Å². The normalized spacial score (nSPS) is 15.2. The molecule has 3 aromatic rings. The molecule has 2 heterocycles. The van der Waals surface area contributed by atoms with Crippen LogP contribution in [0.5, 0.6) is 0 Å². The Bertz CT molecular complexity index is 1060. The van der Waals surface area contributed by atoms with Crippen molar-refractivity contribution in [2.45, 2.75) is 19.9 Å². The summed E-state index contributed by atoms with van der Waals surface area (Å²) in [5.74, 6) is -0.927. The van der Waals surface area contributed by atoms with E-state index < -0.39 is 11.7 Å². The molecule has 0 saturated heterocycles. The van der Waals surface area contributed by atoms with Crippen LogP contribution in [0.4, 0.5) is 10.1 Å². The van der Waals surface area contributed by atoms with E-state index in [1.54, 1.807) is 18.3 Å². The fourth-order valence-corrected chi connectivity index (χ4v) is 3.20. The van der Waals surface area contributed by atoms with Gasteiger partial charge in [0.2, 0.25) is 0 Å². The molecule has 1 aliphatic heterocycles. The molecule has 5 nitrogen and oxygen atoms in total. The van der Waals surface area contributed by atoms with E-state index >= 15 is 0 Å². The number of aryl methyl sites for hydroxylation is 1. The van der Waals surface area contributed by atoms with E-state index in [0.29, 0.717) is 5.56 Å². The van der Waals surface area contributed by atoms with Crippen molar-refractivity contribution in [2.24, 2.45) is 10.2 Å². The lowest BCUT2D eigenvalue weighted by Gasteiger charge is -2.00. The van der Waals surface area contributed by atoms with Gasteiger partial charge < -0.3 is 9.88 Å². The van der Waals surface area contributed by atoms with E-state index in [1.807, 2.05) is 24.4 Å². The van der Waals surface area contributed by atoms with Crippen LogP contribution in [-0.2, 0) is 11.3 Å². The first-order valence-corrected chi connectivity index (χ1v) is 8.48. The summed E-state index contributed by atoms with van der Waals surface area (Å²) in [4.78, 5) is 12.0. The number of benzene rings is 2. The smallest absolute Gasteiger partial charge is 0.276 e. The summed E-state index contributed by atoms with van der Waals surface area (Å²) in [6, 6.07) is 12.6. The number of nitrogens with zero attached hydrogens (tertiary/aromatic N) is 3. The number of fused-ring (bicyclic) bond motifs is 2. The summed E-state index contributed by atoms with van der Waals surface area (Å²) in [6.07, 6.45) is 4.69. The molecule has 0 radical (unpaired) electrons. The number of halogens is 1. The molecule has 0 unspecified atom stereocenters. The third kappa shape index (κ3) is 2.69. The van der Waals surface area contributed by atoms with Gasteiger partial charge >= 0.3 is 0 Å². The predicted octanol–water partition coefficient (Wildman–Crippen LogP) is 3.97. The fraction of sp³-hybridized carbons (Fsp3) is 0.150. The molecule has 1 aromatic heterocycles. The number of nitrogens with one attached hydrogen (secondary N) is 1. The van der Waals surface area contributed by atoms with Crippen molar-refractivity contribution in [3.8, 4) is 0 Å². The molecule has 130 valence electrons. The second-order valence-electron chi connectivity index (χ2n) is 6.10. The second kappa shape index (κ2) is 6.55. The highest BCUT2D eigenvalue weighted by Gasteiger charge is 2.28. The SMILES string of the molecule is CCCn1cc(/C=N\N=C2\C(=O)Nc3c(F)cccc32)c2ccccc21. The minimum absolute atomic E-state index is 0.119. The summed E-state index contributed by atoms with van der Waals surface area (Å²) in [6.45, 7) is 3.04. The number of hydrogen-bond acceptors (Lipinski definition) is 3. The summed E-state index contributed by atoms with van der Waals surface area (Å²) < 4.78 is 15.9. The molecule has 0 atom stereocenters. The Labute approximate surface area is 149 Å². The number of carbonyl (C=O) groups is 1. The van der Waals surface area contributed by atoms with Gasteiger partial charge in [-0.15, -0.1) is 5.10 Å². The van der Waals surface area contributed by atoms with E-state index in [4.69, 9.17) is 0 Å². The Balaban J connectivity index is 1.70. The number of aromatic nitrogens is 1. The van der Waals surface area contributed by atoms with Crippen LogP contribution in [0, 0.1) is 5.82 Å². The minimum Gasteiger partial charge on any atom is -0.347 e. The first-order chi connectivity index (χ1) is 12.7. The van der Waals surface area contributed by atoms with Crippen LogP contribution < -0.4 is 5.32 Å². The van der Waals surface area contributed by atoms with Crippen LogP contribution in [0.1, 0.15) is 24.5 Å². The zero-order valence-electron chi connectivity index (χ0n) is 14.2. The standard InChI is InChI=1S/C20H17FN4O/c1-2-10-25-12-13(14-6-3-4-9-17(14)25)11-22-24-19-15-7-5-8-16(21)18(15)23-20(19)26/h3-9,11-12H,2,10H2,1H3,(H,23,24,26)/b22-11-. The molecule has 0 spiro atoms. The topological polar surface area (TPSA) is 58.8 Å². The molecule has 0 fully saturated rings. The highest BCUT2D eigenvalue weighted by molar-refractivity contribution is 6.53. The van der Waals surface area contributed by atoms with E-state index in [-0.39, 0.29) is 11.4 Å². The van der Waals surface area contributed by atoms with Gasteiger partial charge in [-0.1, -0.05) is 37.3 Å². The predicted molar refractivity (Wildman–Crippen MR) is 101 cm³/mol. The molecule has 4 rings (SSSR count). The summed E-state index contributed by atoms with van der Waals surface area (Å²) >= 11 is 0.